The minimum Gasteiger partial charge on any atom is -0.497 e. The molecule has 1 aliphatic heterocycles. The summed E-state index contributed by atoms with van der Waals surface area (Å²) in [5, 5.41) is 0. The van der Waals surface area contributed by atoms with Gasteiger partial charge >= 0.3 is 0 Å². The van der Waals surface area contributed by atoms with Gasteiger partial charge in [0, 0.05) is 32.1 Å². The van der Waals surface area contributed by atoms with Crippen molar-refractivity contribution in [3.8, 4) is 5.75 Å². The van der Waals surface area contributed by atoms with Crippen LogP contribution in [-0.4, -0.2) is 54.9 Å². The first-order valence-corrected chi connectivity index (χ1v) is 9.91. The van der Waals surface area contributed by atoms with Crippen molar-refractivity contribution in [3.05, 3.63) is 65.5 Å². The Morgan fingerprint density at radius 2 is 1.62 bits per heavy atom. The zero-order chi connectivity index (χ0) is 20.8. The van der Waals surface area contributed by atoms with Gasteiger partial charge in [0.05, 0.1) is 13.5 Å². The molecule has 1 saturated heterocycles. The first kappa shape index (κ1) is 20.8. The van der Waals surface area contributed by atoms with Crippen LogP contribution in [0.15, 0.2) is 48.5 Å². The van der Waals surface area contributed by atoms with Crippen molar-refractivity contribution >= 4 is 11.8 Å². The van der Waals surface area contributed by atoms with Gasteiger partial charge in [-0.25, -0.2) is 4.39 Å². The standard InChI is InChI=1S/C23H27FN2O3/c1-17(15-19-5-3-4-6-21(19)24)23(28)26-13-11-25(12-14-26)22(27)16-18-7-9-20(29-2)10-8-18/h3-10,17H,11-16H2,1-2H3. The minimum absolute atomic E-state index is 0.00973. The predicted octanol–water partition coefficient (Wildman–Crippen LogP) is 2.93. The van der Waals surface area contributed by atoms with Crippen molar-refractivity contribution in [1.82, 2.24) is 9.80 Å². The van der Waals surface area contributed by atoms with Crippen LogP contribution in [0.1, 0.15) is 18.1 Å². The molecule has 1 fully saturated rings. The van der Waals surface area contributed by atoms with E-state index in [1.807, 2.05) is 31.2 Å². The molecule has 0 radical (unpaired) electrons. The summed E-state index contributed by atoms with van der Waals surface area (Å²) in [5.41, 5.74) is 1.49. The van der Waals surface area contributed by atoms with Gasteiger partial charge < -0.3 is 14.5 Å². The molecule has 154 valence electrons. The van der Waals surface area contributed by atoms with Crippen LogP contribution < -0.4 is 4.74 Å². The van der Waals surface area contributed by atoms with Gasteiger partial charge in [-0.1, -0.05) is 37.3 Å². The summed E-state index contributed by atoms with van der Waals surface area (Å²) in [5.74, 6) is 0.254. The number of carbonyl (C=O) groups excluding carboxylic acids is 2. The molecule has 1 unspecified atom stereocenters. The molecule has 29 heavy (non-hydrogen) atoms. The Morgan fingerprint density at radius 3 is 2.24 bits per heavy atom. The molecule has 2 aromatic rings. The van der Waals surface area contributed by atoms with E-state index in [-0.39, 0.29) is 23.5 Å². The smallest absolute Gasteiger partial charge is 0.227 e. The van der Waals surface area contributed by atoms with E-state index in [2.05, 4.69) is 0 Å². The fraction of sp³-hybridized carbons (Fsp3) is 0.391. The third-order valence-corrected chi connectivity index (χ3v) is 5.36. The summed E-state index contributed by atoms with van der Waals surface area (Å²) < 4.78 is 19.0. The molecule has 0 aliphatic carbocycles. The molecule has 1 atom stereocenters. The average Bonchev–Trinajstić information content (AvgIpc) is 2.75. The molecule has 1 heterocycles. The van der Waals surface area contributed by atoms with Crippen molar-refractivity contribution in [2.24, 2.45) is 5.92 Å². The number of hydrogen-bond acceptors (Lipinski definition) is 3. The number of methoxy groups -OCH3 is 1. The van der Waals surface area contributed by atoms with E-state index in [0.29, 0.717) is 44.6 Å². The molecule has 3 rings (SSSR count). The van der Waals surface area contributed by atoms with Crippen molar-refractivity contribution < 1.29 is 18.7 Å². The van der Waals surface area contributed by atoms with E-state index in [1.54, 1.807) is 35.1 Å². The molecule has 1 aliphatic rings. The maximum absolute atomic E-state index is 13.8. The maximum Gasteiger partial charge on any atom is 0.227 e. The van der Waals surface area contributed by atoms with Crippen LogP contribution in [0.5, 0.6) is 5.75 Å². The number of piperazine rings is 1. The zero-order valence-corrected chi connectivity index (χ0v) is 16.9. The number of ether oxygens (including phenoxy) is 1. The molecule has 0 N–H and O–H groups in total. The van der Waals surface area contributed by atoms with Crippen LogP contribution in [0, 0.1) is 11.7 Å². The lowest BCUT2D eigenvalue weighted by Crippen LogP contribution is -2.52. The second-order valence-electron chi connectivity index (χ2n) is 7.43. The van der Waals surface area contributed by atoms with E-state index >= 15 is 0 Å². The lowest BCUT2D eigenvalue weighted by Gasteiger charge is -2.36. The number of hydrogen-bond donors (Lipinski definition) is 0. The summed E-state index contributed by atoms with van der Waals surface area (Å²) in [4.78, 5) is 28.9. The molecular formula is C23H27FN2O3. The van der Waals surface area contributed by atoms with Gasteiger partial charge in [0.15, 0.2) is 0 Å². The van der Waals surface area contributed by atoms with Gasteiger partial charge in [0.25, 0.3) is 0 Å². The molecule has 0 aromatic heterocycles. The van der Waals surface area contributed by atoms with Gasteiger partial charge in [0.2, 0.25) is 11.8 Å². The summed E-state index contributed by atoms with van der Waals surface area (Å²) in [6.45, 7) is 3.89. The Morgan fingerprint density at radius 1 is 1.00 bits per heavy atom. The molecule has 2 aromatic carbocycles. The highest BCUT2D eigenvalue weighted by molar-refractivity contribution is 5.81. The fourth-order valence-electron chi connectivity index (χ4n) is 3.60. The Kier molecular flexibility index (Phi) is 6.86. The summed E-state index contributed by atoms with van der Waals surface area (Å²) in [6.07, 6.45) is 0.712. The van der Waals surface area contributed by atoms with Crippen molar-refractivity contribution in [2.45, 2.75) is 19.8 Å². The molecular weight excluding hydrogens is 371 g/mol. The van der Waals surface area contributed by atoms with E-state index in [4.69, 9.17) is 4.74 Å². The van der Waals surface area contributed by atoms with Gasteiger partial charge in [0.1, 0.15) is 11.6 Å². The lowest BCUT2D eigenvalue weighted by molar-refractivity contribution is -0.141. The topological polar surface area (TPSA) is 49.9 Å². The first-order valence-electron chi connectivity index (χ1n) is 9.91. The molecule has 2 amide bonds. The van der Waals surface area contributed by atoms with Crippen molar-refractivity contribution in [2.75, 3.05) is 33.3 Å². The molecule has 6 heteroatoms. The predicted molar refractivity (Wildman–Crippen MR) is 109 cm³/mol. The number of rotatable bonds is 6. The van der Waals surface area contributed by atoms with Gasteiger partial charge in [-0.2, -0.15) is 0 Å². The van der Waals surface area contributed by atoms with Crippen LogP contribution in [0.2, 0.25) is 0 Å². The van der Waals surface area contributed by atoms with Crippen LogP contribution >= 0.6 is 0 Å². The summed E-state index contributed by atoms with van der Waals surface area (Å²) in [6, 6.07) is 14.0. The van der Waals surface area contributed by atoms with Crippen molar-refractivity contribution in [1.29, 1.82) is 0 Å². The van der Waals surface area contributed by atoms with Crippen LogP contribution in [0.4, 0.5) is 4.39 Å². The lowest BCUT2D eigenvalue weighted by atomic mass is 9.99. The summed E-state index contributed by atoms with van der Waals surface area (Å²) >= 11 is 0. The Bertz CT molecular complexity index is 845. The second kappa shape index (κ2) is 9.54. The first-order chi connectivity index (χ1) is 14.0. The molecule has 5 nitrogen and oxygen atoms in total. The monoisotopic (exact) mass is 398 g/mol. The fourth-order valence-corrected chi connectivity index (χ4v) is 3.60. The van der Waals surface area contributed by atoms with E-state index in [0.717, 1.165) is 11.3 Å². The minimum atomic E-state index is -0.298. The van der Waals surface area contributed by atoms with E-state index < -0.39 is 0 Å². The van der Waals surface area contributed by atoms with Gasteiger partial charge in [-0.15, -0.1) is 0 Å². The number of benzene rings is 2. The maximum atomic E-state index is 13.8. The molecule has 0 saturated carbocycles. The van der Waals surface area contributed by atoms with Gasteiger partial charge in [-0.05, 0) is 35.7 Å². The highest BCUT2D eigenvalue weighted by Gasteiger charge is 2.27. The second-order valence-corrected chi connectivity index (χ2v) is 7.43. The summed E-state index contributed by atoms with van der Waals surface area (Å²) in [7, 11) is 1.61. The van der Waals surface area contributed by atoms with Crippen LogP contribution in [-0.2, 0) is 22.4 Å². The van der Waals surface area contributed by atoms with Gasteiger partial charge in [-0.3, -0.25) is 9.59 Å². The number of nitrogens with zero attached hydrogens (tertiary/aromatic N) is 2. The third-order valence-electron chi connectivity index (χ3n) is 5.36. The number of carbonyl (C=O) groups is 2. The number of amides is 2. The average molecular weight is 398 g/mol. The van der Waals surface area contributed by atoms with E-state index in [9.17, 15) is 14.0 Å². The molecule has 0 bridgehead atoms. The van der Waals surface area contributed by atoms with Crippen LogP contribution in [0.3, 0.4) is 0 Å². The van der Waals surface area contributed by atoms with Crippen LogP contribution in [0.25, 0.3) is 0 Å². The highest BCUT2D eigenvalue weighted by atomic mass is 19.1. The number of halogens is 1. The Labute approximate surface area is 171 Å². The molecule has 0 spiro atoms. The Balaban J connectivity index is 1.49. The normalized spacial score (nSPS) is 15.1. The largest absolute Gasteiger partial charge is 0.497 e. The SMILES string of the molecule is COc1ccc(CC(=O)N2CCN(C(=O)C(C)Cc3ccccc3F)CC2)cc1. The Hall–Kier alpha value is -2.89. The quantitative estimate of drug-likeness (QED) is 0.752. The van der Waals surface area contributed by atoms with Crippen molar-refractivity contribution in [3.63, 3.8) is 0 Å². The highest BCUT2D eigenvalue weighted by Crippen LogP contribution is 2.17. The van der Waals surface area contributed by atoms with E-state index in [1.165, 1.54) is 6.07 Å². The zero-order valence-electron chi connectivity index (χ0n) is 16.9. The third kappa shape index (κ3) is 5.34.